The van der Waals surface area contributed by atoms with E-state index < -0.39 is 0 Å². The van der Waals surface area contributed by atoms with Crippen molar-refractivity contribution in [3.63, 3.8) is 0 Å². The molecule has 0 saturated heterocycles. The highest BCUT2D eigenvalue weighted by atomic mass is 16.2. The highest BCUT2D eigenvalue weighted by molar-refractivity contribution is 5.89. The molecule has 3 aromatic rings. The molecule has 2 aromatic carbocycles. The van der Waals surface area contributed by atoms with E-state index in [4.69, 9.17) is 0 Å². The molecule has 2 N–H and O–H groups in total. The van der Waals surface area contributed by atoms with Crippen molar-refractivity contribution in [3.8, 4) is 0 Å². The number of rotatable bonds is 6. The standard InChI is InChI=1S/C20H23N5O/c1-15(2)18-7-9-19(10-8-18)24-20(26)22-11-16-3-5-17(6-4-16)12-25-14-21-13-23-25/h3-10,13-15H,11-12H2,1-2H3,(H2,22,24,26). The van der Waals surface area contributed by atoms with Crippen molar-refractivity contribution in [2.45, 2.75) is 32.9 Å². The van der Waals surface area contributed by atoms with E-state index >= 15 is 0 Å². The molecular weight excluding hydrogens is 326 g/mol. The zero-order chi connectivity index (χ0) is 18.4. The molecule has 0 bridgehead atoms. The van der Waals surface area contributed by atoms with Gasteiger partial charge in [-0.05, 0) is 34.7 Å². The van der Waals surface area contributed by atoms with Gasteiger partial charge in [0.15, 0.2) is 0 Å². The Morgan fingerprint density at radius 1 is 1.04 bits per heavy atom. The number of nitrogens with one attached hydrogen (secondary N) is 2. The van der Waals surface area contributed by atoms with Crippen molar-refractivity contribution >= 4 is 11.7 Å². The predicted octanol–water partition coefficient (Wildman–Crippen LogP) is 3.77. The molecule has 6 nitrogen and oxygen atoms in total. The molecule has 0 spiro atoms. The van der Waals surface area contributed by atoms with Crippen LogP contribution in [-0.4, -0.2) is 20.8 Å². The minimum Gasteiger partial charge on any atom is -0.334 e. The first-order valence-electron chi connectivity index (χ1n) is 8.65. The molecule has 3 rings (SSSR count). The predicted molar refractivity (Wildman–Crippen MR) is 102 cm³/mol. The highest BCUT2D eigenvalue weighted by Gasteiger charge is 2.04. The summed E-state index contributed by atoms with van der Waals surface area (Å²) < 4.78 is 1.77. The molecule has 26 heavy (non-hydrogen) atoms. The third-order valence-corrected chi connectivity index (χ3v) is 4.12. The third kappa shape index (κ3) is 4.92. The van der Waals surface area contributed by atoms with Gasteiger partial charge in [0.05, 0.1) is 6.54 Å². The fourth-order valence-electron chi connectivity index (χ4n) is 2.57. The topological polar surface area (TPSA) is 71.8 Å². The van der Waals surface area contributed by atoms with Crippen LogP contribution in [-0.2, 0) is 13.1 Å². The number of hydrogen-bond donors (Lipinski definition) is 2. The average Bonchev–Trinajstić information content (AvgIpc) is 3.15. The lowest BCUT2D eigenvalue weighted by atomic mass is 10.0. The van der Waals surface area contributed by atoms with Crippen molar-refractivity contribution < 1.29 is 4.79 Å². The minimum atomic E-state index is -0.214. The number of nitrogens with zero attached hydrogens (tertiary/aromatic N) is 3. The van der Waals surface area contributed by atoms with E-state index in [0.29, 0.717) is 19.0 Å². The average molecular weight is 349 g/mol. The summed E-state index contributed by atoms with van der Waals surface area (Å²) in [5.41, 5.74) is 4.21. The van der Waals surface area contributed by atoms with Gasteiger partial charge in [0.25, 0.3) is 0 Å². The highest BCUT2D eigenvalue weighted by Crippen LogP contribution is 2.17. The summed E-state index contributed by atoms with van der Waals surface area (Å²) in [6.07, 6.45) is 3.21. The molecule has 0 fully saturated rings. The molecule has 0 saturated carbocycles. The monoisotopic (exact) mass is 349 g/mol. The maximum absolute atomic E-state index is 12.0. The van der Waals surface area contributed by atoms with Gasteiger partial charge in [-0.2, -0.15) is 5.10 Å². The Balaban J connectivity index is 1.48. The molecule has 0 unspecified atom stereocenters. The van der Waals surface area contributed by atoms with E-state index in [9.17, 15) is 4.79 Å². The van der Waals surface area contributed by atoms with Crippen LogP contribution >= 0.6 is 0 Å². The number of anilines is 1. The van der Waals surface area contributed by atoms with Gasteiger partial charge in [0, 0.05) is 12.2 Å². The van der Waals surface area contributed by atoms with Gasteiger partial charge in [-0.15, -0.1) is 0 Å². The van der Waals surface area contributed by atoms with E-state index in [0.717, 1.165) is 16.8 Å². The van der Waals surface area contributed by atoms with Gasteiger partial charge in [-0.3, -0.25) is 0 Å². The van der Waals surface area contributed by atoms with Crippen LogP contribution in [0.15, 0.2) is 61.2 Å². The van der Waals surface area contributed by atoms with Crippen molar-refractivity contribution in [1.82, 2.24) is 20.1 Å². The van der Waals surface area contributed by atoms with Crippen molar-refractivity contribution in [2.75, 3.05) is 5.32 Å². The number of urea groups is 1. The maximum Gasteiger partial charge on any atom is 0.319 e. The van der Waals surface area contributed by atoms with Gasteiger partial charge in [-0.1, -0.05) is 50.2 Å². The smallest absolute Gasteiger partial charge is 0.319 e. The van der Waals surface area contributed by atoms with Crippen LogP contribution in [0.4, 0.5) is 10.5 Å². The Morgan fingerprint density at radius 2 is 1.73 bits per heavy atom. The van der Waals surface area contributed by atoms with E-state index in [1.807, 2.05) is 48.5 Å². The lowest BCUT2D eigenvalue weighted by Gasteiger charge is -2.10. The maximum atomic E-state index is 12.0. The fourth-order valence-corrected chi connectivity index (χ4v) is 2.57. The van der Waals surface area contributed by atoms with E-state index in [1.54, 1.807) is 11.0 Å². The van der Waals surface area contributed by atoms with Gasteiger partial charge in [0.1, 0.15) is 12.7 Å². The lowest BCUT2D eigenvalue weighted by Crippen LogP contribution is -2.28. The first-order chi connectivity index (χ1) is 12.6. The summed E-state index contributed by atoms with van der Waals surface area (Å²) in [6.45, 7) is 5.44. The molecule has 134 valence electrons. The lowest BCUT2D eigenvalue weighted by molar-refractivity contribution is 0.251. The Bertz CT molecular complexity index is 824. The molecule has 0 atom stereocenters. The molecule has 0 aliphatic carbocycles. The van der Waals surface area contributed by atoms with Crippen LogP contribution in [0.2, 0.25) is 0 Å². The zero-order valence-electron chi connectivity index (χ0n) is 15.0. The quantitative estimate of drug-likeness (QED) is 0.711. The Kier molecular flexibility index (Phi) is 5.63. The van der Waals surface area contributed by atoms with Crippen molar-refractivity contribution in [3.05, 3.63) is 77.9 Å². The molecule has 1 aromatic heterocycles. The first-order valence-corrected chi connectivity index (χ1v) is 8.65. The van der Waals surface area contributed by atoms with E-state index in [-0.39, 0.29) is 6.03 Å². The summed E-state index contributed by atoms with van der Waals surface area (Å²) in [5.74, 6) is 0.477. The third-order valence-electron chi connectivity index (χ3n) is 4.12. The molecule has 2 amide bonds. The second kappa shape index (κ2) is 8.29. The number of benzene rings is 2. The number of carbonyl (C=O) groups is 1. The number of amides is 2. The fraction of sp³-hybridized carbons (Fsp3) is 0.250. The largest absolute Gasteiger partial charge is 0.334 e. The number of hydrogen-bond acceptors (Lipinski definition) is 3. The SMILES string of the molecule is CC(C)c1ccc(NC(=O)NCc2ccc(Cn3cncn3)cc2)cc1. The molecule has 0 aliphatic heterocycles. The van der Waals surface area contributed by atoms with Crippen LogP contribution in [0, 0.1) is 0 Å². The van der Waals surface area contributed by atoms with Crippen LogP contribution in [0.3, 0.4) is 0 Å². The van der Waals surface area contributed by atoms with Crippen LogP contribution in [0.5, 0.6) is 0 Å². The Labute approximate surface area is 153 Å². The van der Waals surface area contributed by atoms with Gasteiger partial charge >= 0.3 is 6.03 Å². The van der Waals surface area contributed by atoms with Gasteiger partial charge < -0.3 is 10.6 Å². The zero-order valence-corrected chi connectivity index (χ0v) is 15.0. The summed E-state index contributed by atoms with van der Waals surface area (Å²) >= 11 is 0. The second-order valence-electron chi connectivity index (χ2n) is 6.49. The molecular formula is C20H23N5O. The van der Waals surface area contributed by atoms with Crippen molar-refractivity contribution in [1.29, 1.82) is 0 Å². The van der Waals surface area contributed by atoms with Gasteiger partial charge in [-0.25, -0.2) is 14.5 Å². The van der Waals surface area contributed by atoms with Crippen LogP contribution in [0.25, 0.3) is 0 Å². The Morgan fingerprint density at radius 3 is 2.35 bits per heavy atom. The summed E-state index contributed by atoms with van der Waals surface area (Å²) in [7, 11) is 0. The summed E-state index contributed by atoms with van der Waals surface area (Å²) in [4.78, 5) is 16.0. The van der Waals surface area contributed by atoms with E-state index in [2.05, 4.69) is 34.6 Å². The number of carbonyl (C=O) groups excluding carboxylic acids is 1. The molecule has 1 heterocycles. The molecule has 0 radical (unpaired) electrons. The number of aromatic nitrogens is 3. The summed E-state index contributed by atoms with van der Waals surface area (Å²) in [5, 5.41) is 9.81. The van der Waals surface area contributed by atoms with Crippen LogP contribution < -0.4 is 10.6 Å². The summed E-state index contributed by atoms with van der Waals surface area (Å²) in [6, 6.07) is 15.8. The molecule has 0 aliphatic rings. The molecule has 6 heteroatoms. The van der Waals surface area contributed by atoms with Crippen LogP contribution in [0.1, 0.15) is 36.5 Å². The Hall–Kier alpha value is -3.15. The minimum absolute atomic E-state index is 0.214. The first kappa shape index (κ1) is 17.7. The van der Waals surface area contributed by atoms with Gasteiger partial charge in [0.2, 0.25) is 0 Å². The van der Waals surface area contributed by atoms with Crippen molar-refractivity contribution in [2.24, 2.45) is 0 Å². The normalized spacial score (nSPS) is 10.7. The van der Waals surface area contributed by atoms with E-state index in [1.165, 1.54) is 11.9 Å². The second-order valence-corrected chi connectivity index (χ2v) is 6.49.